The molecule has 0 amide bonds. The summed E-state index contributed by atoms with van der Waals surface area (Å²) >= 11 is 0. The monoisotopic (exact) mass is 237 g/mol. The van der Waals surface area contributed by atoms with Crippen LogP contribution in [0.3, 0.4) is 0 Å². The summed E-state index contributed by atoms with van der Waals surface area (Å²) in [5.41, 5.74) is 0. The molecule has 2 N–H and O–H groups in total. The fourth-order valence-corrected chi connectivity index (χ4v) is 4.97. The van der Waals surface area contributed by atoms with Gasteiger partial charge in [0, 0.05) is 12.6 Å². The van der Waals surface area contributed by atoms with Gasteiger partial charge >= 0.3 is 0 Å². The van der Waals surface area contributed by atoms with Crippen molar-refractivity contribution >= 4 is 0 Å². The Morgan fingerprint density at radius 2 is 1.65 bits per heavy atom. The number of nitrogens with one attached hydrogen (secondary N) is 1. The first-order valence-electron chi connectivity index (χ1n) is 7.67. The molecule has 0 heterocycles. The van der Waals surface area contributed by atoms with Crippen molar-refractivity contribution in [3.8, 4) is 0 Å². The zero-order valence-corrected chi connectivity index (χ0v) is 11.1. The Hall–Kier alpha value is -0.0800. The molecule has 2 nitrogen and oxygen atoms in total. The minimum atomic E-state index is -0.128. The number of hydrogen-bond donors (Lipinski definition) is 2. The molecule has 17 heavy (non-hydrogen) atoms. The Balaban J connectivity index is 1.54. The van der Waals surface area contributed by atoms with Crippen molar-refractivity contribution in [1.82, 2.24) is 5.32 Å². The normalized spacial score (nSPS) is 45.2. The number of aliphatic hydroxyl groups excluding tert-OH is 1. The van der Waals surface area contributed by atoms with E-state index in [0.717, 1.165) is 49.1 Å². The van der Waals surface area contributed by atoms with E-state index in [-0.39, 0.29) is 6.10 Å². The van der Waals surface area contributed by atoms with Gasteiger partial charge in [-0.25, -0.2) is 0 Å². The summed E-state index contributed by atoms with van der Waals surface area (Å²) in [6.07, 6.45) is 9.30. The van der Waals surface area contributed by atoms with Gasteiger partial charge in [-0.1, -0.05) is 13.3 Å². The van der Waals surface area contributed by atoms with Crippen LogP contribution in [-0.2, 0) is 0 Å². The standard InChI is InChI=1S/C15H27NO/c1-2-3-14(17)9-16-15-12-5-10-4-11(7-12)8-13(15)6-10/h10-17H,2-9H2,1H3. The van der Waals surface area contributed by atoms with Crippen molar-refractivity contribution in [2.24, 2.45) is 23.7 Å². The lowest BCUT2D eigenvalue weighted by atomic mass is 9.54. The van der Waals surface area contributed by atoms with Gasteiger partial charge in [-0.3, -0.25) is 0 Å². The second-order valence-electron chi connectivity index (χ2n) is 6.81. The molecule has 4 saturated carbocycles. The van der Waals surface area contributed by atoms with Gasteiger partial charge in [-0.2, -0.15) is 0 Å². The van der Waals surface area contributed by atoms with Crippen molar-refractivity contribution in [3.63, 3.8) is 0 Å². The Morgan fingerprint density at radius 3 is 2.18 bits per heavy atom. The summed E-state index contributed by atoms with van der Waals surface area (Å²) in [5.74, 6) is 3.97. The molecule has 0 aliphatic heterocycles. The Bertz CT molecular complexity index is 238. The van der Waals surface area contributed by atoms with Crippen LogP contribution in [0.2, 0.25) is 0 Å². The molecule has 1 atom stereocenters. The van der Waals surface area contributed by atoms with Crippen LogP contribution < -0.4 is 5.32 Å². The summed E-state index contributed by atoms with van der Waals surface area (Å²) < 4.78 is 0. The first-order chi connectivity index (χ1) is 8.26. The minimum absolute atomic E-state index is 0.128. The lowest BCUT2D eigenvalue weighted by Crippen LogP contribution is -2.55. The lowest BCUT2D eigenvalue weighted by molar-refractivity contribution is -0.0175. The van der Waals surface area contributed by atoms with Gasteiger partial charge in [0.25, 0.3) is 0 Å². The maximum atomic E-state index is 9.84. The van der Waals surface area contributed by atoms with Crippen LogP contribution in [-0.4, -0.2) is 23.8 Å². The summed E-state index contributed by atoms with van der Waals surface area (Å²) in [5, 5.41) is 13.5. The molecule has 4 aliphatic rings. The highest BCUT2D eigenvalue weighted by Gasteiger charge is 2.47. The first kappa shape index (κ1) is 12.0. The molecule has 0 saturated heterocycles. The third-order valence-electron chi connectivity index (χ3n) is 5.44. The van der Waals surface area contributed by atoms with E-state index in [1.807, 2.05) is 0 Å². The van der Waals surface area contributed by atoms with Crippen molar-refractivity contribution < 1.29 is 5.11 Å². The van der Waals surface area contributed by atoms with E-state index in [9.17, 15) is 5.11 Å². The zero-order chi connectivity index (χ0) is 11.8. The predicted molar refractivity (Wildman–Crippen MR) is 69.8 cm³/mol. The SMILES string of the molecule is CCCC(O)CNC1C2CC3CC(C2)CC1C3. The van der Waals surface area contributed by atoms with Crippen LogP contribution in [0.4, 0.5) is 0 Å². The van der Waals surface area contributed by atoms with Crippen LogP contribution in [0.25, 0.3) is 0 Å². The van der Waals surface area contributed by atoms with Crippen molar-refractivity contribution in [2.45, 2.75) is 64.0 Å². The van der Waals surface area contributed by atoms with Crippen molar-refractivity contribution in [2.75, 3.05) is 6.54 Å². The van der Waals surface area contributed by atoms with E-state index < -0.39 is 0 Å². The van der Waals surface area contributed by atoms with E-state index in [4.69, 9.17) is 0 Å². The molecule has 0 aromatic rings. The van der Waals surface area contributed by atoms with E-state index in [1.54, 1.807) is 0 Å². The molecule has 1 unspecified atom stereocenters. The van der Waals surface area contributed by atoms with E-state index in [1.165, 1.54) is 32.1 Å². The summed E-state index contributed by atoms with van der Waals surface area (Å²) in [6.45, 7) is 2.97. The maximum absolute atomic E-state index is 9.84. The summed E-state index contributed by atoms with van der Waals surface area (Å²) in [4.78, 5) is 0. The van der Waals surface area contributed by atoms with Gasteiger partial charge in [0.15, 0.2) is 0 Å². The molecule has 0 spiro atoms. The lowest BCUT2D eigenvalue weighted by Gasteiger charge is -2.54. The average Bonchev–Trinajstić information content (AvgIpc) is 2.27. The highest BCUT2D eigenvalue weighted by Crippen LogP contribution is 2.53. The topological polar surface area (TPSA) is 32.3 Å². The van der Waals surface area contributed by atoms with Crippen LogP contribution in [0, 0.1) is 23.7 Å². The number of rotatable bonds is 5. The van der Waals surface area contributed by atoms with Gasteiger partial charge in [-0.05, 0) is 62.2 Å². The molecule has 4 aliphatic carbocycles. The smallest absolute Gasteiger partial charge is 0.0664 e. The summed E-state index contributed by atoms with van der Waals surface area (Å²) in [7, 11) is 0. The second kappa shape index (κ2) is 4.89. The molecule has 0 aromatic carbocycles. The molecular weight excluding hydrogens is 210 g/mol. The van der Waals surface area contributed by atoms with E-state index >= 15 is 0 Å². The van der Waals surface area contributed by atoms with Crippen LogP contribution in [0.1, 0.15) is 51.9 Å². The predicted octanol–water partition coefficient (Wildman–Crippen LogP) is 2.56. The zero-order valence-electron chi connectivity index (χ0n) is 11.1. The molecule has 4 bridgehead atoms. The van der Waals surface area contributed by atoms with Crippen LogP contribution >= 0.6 is 0 Å². The molecule has 0 radical (unpaired) electrons. The number of aliphatic hydroxyl groups is 1. The molecule has 2 heteroatoms. The highest BCUT2D eigenvalue weighted by atomic mass is 16.3. The molecule has 4 rings (SSSR count). The Kier molecular flexibility index (Phi) is 3.45. The number of hydrogen-bond acceptors (Lipinski definition) is 2. The Labute approximate surface area is 105 Å². The molecule has 98 valence electrons. The second-order valence-corrected chi connectivity index (χ2v) is 6.81. The molecular formula is C15H27NO. The molecule has 0 aromatic heterocycles. The van der Waals surface area contributed by atoms with Crippen LogP contribution in [0.5, 0.6) is 0 Å². The van der Waals surface area contributed by atoms with E-state index in [2.05, 4.69) is 12.2 Å². The van der Waals surface area contributed by atoms with Crippen molar-refractivity contribution in [1.29, 1.82) is 0 Å². The minimum Gasteiger partial charge on any atom is -0.392 e. The third kappa shape index (κ3) is 2.39. The van der Waals surface area contributed by atoms with Gasteiger partial charge < -0.3 is 10.4 Å². The third-order valence-corrected chi connectivity index (χ3v) is 5.44. The average molecular weight is 237 g/mol. The van der Waals surface area contributed by atoms with Crippen LogP contribution in [0.15, 0.2) is 0 Å². The van der Waals surface area contributed by atoms with Gasteiger partial charge in [-0.15, -0.1) is 0 Å². The van der Waals surface area contributed by atoms with Gasteiger partial charge in [0.1, 0.15) is 0 Å². The molecule has 4 fully saturated rings. The quantitative estimate of drug-likeness (QED) is 0.770. The van der Waals surface area contributed by atoms with Gasteiger partial charge in [0.2, 0.25) is 0 Å². The largest absolute Gasteiger partial charge is 0.392 e. The maximum Gasteiger partial charge on any atom is 0.0664 e. The first-order valence-corrected chi connectivity index (χ1v) is 7.67. The highest BCUT2D eigenvalue weighted by molar-refractivity contribution is 5.01. The Morgan fingerprint density at radius 1 is 1.06 bits per heavy atom. The fourth-order valence-electron chi connectivity index (χ4n) is 4.97. The van der Waals surface area contributed by atoms with Crippen molar-refractivity contribution in [3.05, 3.63) is 0 Å². The fraction of sp³-hybridized carbons (Fsp3) is 1.00. The summed E-state index contributed by atoms with van der Waals surface area (Å²) in [6, 6.07) is 0.731. The van der Waals surface area contributed by atoms with Gasteiger partial charge in [0.05, 0.1) is 6.10 Å². The van der Waals surface area contributed by atoms with E-state index in [0.29, 0.717) is 0 Å².